The average molecular weight is 237 g/mol. The van der Waals surface area contributed by atoms with Crippen LogP contribution >= 0.6 is 11.6 Å². The number of halogens is 1. The number of ether oxygens (including phenoxy) is 1. The van der Waals surface area contributed by atoms with E-state index in [2.05, 4.69) is 20.3 Å². The maximum absolute atomic E-state index is 5.71. The van der Waals surface area contributed by atoms with Gasteiger partial charge in [-0.2, -0.15) is 15.0 Å². The molecule has 1 aromatic carbocycles. The molecule has 6 heteroatoms. The topological polar surface area (TPSA) is 59.9 Å². The van der Waals surface area contributed by atoms with E-state index < -0.39 is 0 Å². The highest BCUT2D eigenvalue weighted by Crippen LogP contribution is 2.18. The number of aromatic nitrogens is 3. The van der Waals surface area contributed by atoms with Crippen LogP contribution in [0, 0.1) is 0 Å². The monoisotopic (exact) mass is 236 g/mol. The Bertz CT molecular complexity index is 478. The van der Waals surface area contributed by atoms with Gasteiger partial charge in [-0.25, -0.2) is 0 Å². The molecule has 0 atom stereocenters. The molecule has 1 aromatic heterocycles. The van der Waals surface area contributed by atoms with Crippen LogP contribution < -0.4 is 10.1 Å². The Kier molecular flexibility index (Phi) is 3.16. The van der Waals surface area contributed by atoms with Gasteiger partial charge in [0.25, 0.3) is 0 Å². The summed E-state index contributed by atoms with van der Waals surface area (Å²) in [6.07, 6.45) is 0. The maximum Gasteiger partial charge on any atom is 0.328 e. The van der Waals surface area contributed by atoms with E-state index in [4.69, 9.17) is 16.3 Å². The molecule has 2 rings (SSSR count). The summed E-state index contributed by atoms with van der Waals surface area (Å²) in [6, 6.07) is 9.38. The van der Waals surface area contributed by atoms with E-state index in [1.54, 1.807) is 19.2 Å². The zero-order valence-electron chi connectivity index (χ0n) is 8.51. The van der Waals surface area contributed by atoms with Crippen LogP contribution in [0.5, 0.6) is 11.8 Å². The molecule has 0 saturated heterocycles. The molecule has 0 spiro atoms. The zero-order chi connectivity index (χ0) is 11.4. The third-order valence-electron chi connectivity index (χ3n) is 1.76. The van der Waals surface area contributed by atoms with E-state index in [1.165, 1.54) is 0 Å². The van der Waals surface area contributed by atoms with Gasteiger partial charge in [0.05, 0.1) is 0 Å². The molecule has 0 saturated carbocycles. The summed E-state index contributed by atoms with van der Waals surface area (Å²) in [5.74, 6) is 1.01. The Morgan fingerprint density at radius 1 is 1.12 bits per heavy atom. The predicted molar refractivity (Wildman–Crippen MR) is 60.9 cm³/mol. The molecular formula is C10H9ClN4O. The van der Waals surface area contributed by atoms with Crippen molar-refractivity contribution in [2.45, 2.75) is 0 Å². The van der Waals surface area contributed by atoms with Gasteiger partial charge in [-0.3, -0.25) is 0 Å². The van der Waals surface area contributed by atoms with Gasteiger partial charge in [-0.1, -0.05) is 18.2 Å². The van der Waals surface area contributed by atoms with Crippen molar-refractivity contribution in [3.63, 3.8) is 0 Å². The fourth-order valence-corrected chi connectivity index (χ4v) is 1.24. The average Bonchev–Trinajstić information content (AvgIpc) is 2.29. The van der Waals surface area contributed by atoms with E-state index in [9.17, 15) is 0 Å². The minimum atomic E-state index is 0.0882. The molecule has 1 heterocycles. The molecular weight excluding hydrogens is 228 g/mol. The van der Waals surface area contributed by atoms with Crippen LogP contribution in [0.4, 0.5) is 5.95 Å². The van der Waals surface area contributed by atoms with Crippen molar-refractivity contribution in [3.05, 3.63) is 35.6 Å². The van der Waals surface area contributed by atoms with Crippen molar-refractivity contribution in [1.82, 2.24) is 15.0 Å². The summed E-state index contributed by atoms with van der Waals surface area (Å²) in [6.45, 7) is 0. The molecule has 5 nitrogen and oxygen atoms in total. The van der Waals surface area contributed by atoms with Crippen LogP contribution in [0.25, 0.3) is 0 Å². The normalized spacial score (nSPS) is 9.88. The number of anilines is 1. The van der Waals surface area contributed by atoms with Gasteiger partial charge in [0.2, 0.25) is 11.2 Å². The largest absolute Gasteiger partial charge is 0.424 e. The fourth-order valence-electron chi connectivity index (χ4n) is 1.08. The minimum Gasteiger partial charge on any atom is -0.424 e. The molecule has 82 valence electrons. The van der Waals surface area contributed by atoms with Crippen LogP contribution in [0.3, 0.4) is 0 Å². The molecule has 1 N–H and O–H groups in total. The number of para-hydroxylation sites is 1. The number of hydrogen-bond acceptors (Lipinski definition) is 5. The number of rotatable bonds is 3. The molecule has 2 aromatic rings. The first-order valence-electron chi connectivity index (χ1n) is 4.60. The lowest BCUT2D eigenvalue weighted by atomic mass is 10.3. The van der Waals surface area contributed by atoms with Crippen LogP contribution in [0.15, 0.2) is 30.3 Å². The SMILES string of the molecule is CNc1nc(Cl)nc(Oc2ccccc2)n1. The second-order valence-corrected chi connectivity index (χ2v) is 3.21. The van der Waals surface area contributed by atoms with E-state index in [1.807, 2.05) is 18.2 Å². The smallest absolute Gasteiger partial charge is 0.328 e. The van der Waals surface area contributed by atoms with Crippen molar-refractivity contribution < 1.29 is 4.74 Å². The van der Waals surface area contributed by atoms with Gasteiger partial charge in [-0.15, -0.1) is 0 Å². The first kappa shape index (κ1) is 10.6. The Morgan fingerprint density at radius 2 is 1.88 bits per heavy atom. The molecule has 16 heavy (non-hydrogen) atoms. The Hall–Kier alpha value is -1.88. The highest BCUT2D eigenvalue weighted by atomic mass is 35.5. The van der Waals surface area contributed by atoms with Crippen LogP contribution in [0.1, 0.15) is 0 Å². The van der Waals surface area contributed by atoms with Gasteiger partial charge in [0.1, 0.15) is 5.75 Å². The lowest BCUT2D eigenvalue weighted by Crippen LogP contribution is -2.00. The van der Waals surface area contributed by atoms with Gasteiger partial charge in [0, 0.05) is 7.05 Å². The highest BCUT2D eigenvalue weighted by molar-refractivity contribution is 6.28. The summed E-state index contributed by atoms with van der Waals surface area (Å²) in [4.78, 5) is 11.7. The van der Waals surface area contributed by atoms with Gasteiger partial charge >= 0.3 is 6.01 Å². The molecule has 0 amide bonds. The van der Waals surface area contributed by atoms with E-state index in [-0.39, 0.29) is 11.3 Å². The molecule has 0 aliphatic carbocycles. The molecule has 0 aliphatic rings. The van der Waals surface area contributed by atoms with Crippen molar-refractivity contribution >= 4 is 17.5 Å². The highest BCUT2D eigenvalue weighted by Gasteiger charge is 2.05. The number of nitrogens with one attached hydrogen (secondary N) is 1. The van der Waals surface area contributed by atoms with Crippen LogP contribution in [0.2, 0.25) is 5.28 Å². The first-order valence-corrected chi connectivity index (χ1v) is 4.98. The molecule has 0 bridgehead atoms. The van der Waals surface area contributed by atoms with Crippen molar-refractivity contribution in [1.29, 1.82) is 0 Å². The molecule has 0 aliphatic heterocycles. The van der Waals surface area contributed by atoms with Crippen molar-refractivity contribution in [3.8, 4) is 11.8 Å². The second-order valence-electron chi connectivity index (χ2n) is 2.88. The molecule has 0 unspecified atom stereocenters. The van der Waals surface area contributed by atoms with Crippen LogP contribution in [-0.2, 0) is 0 Å². The minimum absolute atomic E-state index is 0.0882. The van der Waals surface area contributed by atoms with E-state index in [0.29, 0.717) is 11.7 Å². The zero-order valence-corrected chi connectivity index (χ0v) is 9.27. The lowest BCUT2D eigenvalue weighted by molar-refractivity contribution is 0.440. The number of hydrogen-bond donors (Lipinski definition) is 1. The van der Waals surface area contributed by atoms with Gasteiger partial charge in [0.15, 0.2) is 0 Å². The van der Waals surface area contributed by atoms with Crippen LogP contribution in [-0.4, -0.2) is 22.0 Å². The second kappa shape index (κ2) is 4.76. The van der Waals surface area contributed by atoms with Gasteiger partial charge in [-0.05, 0) is 23.7 Å². The van der Waals surface area contributed by atoms with Gasteiger partial charge < -0.3 is 10.1 Å². The van der Waals surface area contributed by atoms with E-state index in [0.717, 1.165) is 0 Å². The fraction of sp³-hybridized carbons (Fsp3) is 0.100. The van der Waals surface area contributed by atoms with Crippen molar-refractivity contribution in [2.24, 2.45) is 0 Å². The summed E-state index contributed by atoms with van der Waals surface area (Å²) in [5, 5.41) is 2.86. The Labute approximate surface area is 97.5 Å². The summed E-state index contributed by atoms with van der Waals surface area (Å²) < 4.78 is 5.42. The Morgan fingerprint density at radius 3 is 2.56 bits per heavy atom. The van der Waals surface area contributed by atoms with Crippen molar-refractivity contribution in [2.75, 3.05) is 12.4 Å². The predicted octanol–water partition coefficient (Wildman–Crippen LogP) is 2.36. The van der Waals surface area contributed by atoms with E-state index >= 15 is 0 Å². The molecule has 0 fully saturated rings. The Balaban J connectivity index is 2.24. The number of nitrogens with zero attached hydrogens (tertiary/aromatic N) is 3. The summed E-state index contributed by atoms with van der Waals surface area (Å²) >= 11 is 5.71. The standard InChI is InChI=1S/C10H9ClN4O/c1-12-9-13-8(11)14-10(15-9)16-7-5-3-2-4-6-7/h2-6H,1H3,(H,12,13,14,15). The summed E-state index contributed by atoms with van der Waals surface area (Å²) in [7, 11) is 1.69. The lowest BCUT2D eigenvalue weighted by Gasteiger charge is -2.04. The third-order valence-corrected chi connectivity index (χ3v) is 1.93. The summed E-state index contributed by atoms with van der Waals surface area (Å²) in [5.41, 5.74) is 0. The molecule has 0 radical (unpaired) electrons. The quantitative estimate of drug-likeness (QED) is 0.887. The maximum atomic E-state index is 5.71. The first-order chi connectivity index (χ1) is 7.78. The number of benzene rings is 1. The third kappa shape index (κ3) is 2.58.